The van der Waals surface area contributed by atoms with Crippen LogP contribution in [-0.4, -0.2) is 46.0 Å². The van der Waals surface area contributed by atoms with Crippen molar-refractivity contribution in [1.29, 1.82) is 0 Å². The second-order valence-corrected chi connectivity index (χ2v) is 25.5. The van der Waals surface area contributed by atoms with E-state index >= 15 is 0 Å². The van der Waals surface area contributed by atoms with E-state index < -0.39 is 33.5 Å². The lowest BCUT2D eigenvalue weighted by Gasteiger charge is -2.37. The Morgan fingerprint density at radius 2 is 1.20 bits per heavy atom. The Labute approximate surface area is 161 Å². The Hall–Kier alpha value is 0.0275. The van der Waals surface area contributed by atoms with Crippen molar-refractivity contribution in [3.63, 3.8) is 0 Å². The van der Waals surface area contributed by atoms with Crippen LogP contribution in [0.15, 0.2) is 25.5 Å². The molecule has 0 radical (unpaired) electrons. The fourth-order valence-corrected chi connectivity index (χ4v) is 17.9. The maximum Gasteiger partial charge on any atom is 0.363 e. The molecule has 0 aromatic rings. The maximum atomic E-state index is 6.41. The van der Waals surface area contributed by atoms with Gasteiger partial charge in [-0.3, -0.25) is 0 Å². The zero-order valence-corrected chi connectivity index (χ0v) is 22.4. The highest BCUT2D eigenvalue weighted by molar-refractivity contribution is 6.85. The summed E-state index contributed by atoms with van der Waals surface area (Å²) >= 11 is 0. The van der Waals surface area contributed by atoms with Crippen LogP contribution in [0.2, 0.25) is 58.9 Å². The van der Waals surface area contributed by atoms with Crippen molar-refractivity contribution in [3.05, 3.63) is 25.5 Å². The Bertz CT molecular complexity index is 402. The molecule has 8 heteroatoms. The normalized spacial score (nSPS) is 15.0. The van der Waals surface area contributed by atoms with Crippen molar-refractivity contribution in [2.24, 2.45) is 0 Å². The highest BCUT2D eigenvalue weighted by atomic mass is 28.4. The molecule has 150 valence electrons. The number of ether oxygens (including phenoxy) is 1. The van der Waals surface area contributed by atoms with Gasteiger partial charge in [0.05, 0.1) is 12.0 Å². The van der Waals surface area contributed by atoms with Crippen LogP contribution in [0.5, 0.6) is 0 Å². The number of hydrogen-bond acceptors (Lipinski definition) is 4. The van der Waals surface area contributed by atoms with Crippen LogP contribution >= 0.6 is 0 Å². The van der Waals surface area contributed by atoms with Crippen LogP contribution in [0.25, 0.3) is 0 Å². The predicted molar refractivity (Wildman–Crippen MR) is 121 cm³/mol. The van der Waals surface area contributed by atoms with Crippen molar-refractivity contribution < 1.29 is 17.4 Å². The van der Waals surface area contributed by atoms with E-state index in [1.54, 1.807) is 0 Å². The Morgan fingerprint density at radius 3 is 1.56 bits per heavy atom. The van der Waals surface area contributed by atoms with Crippen LogP contribution in [0.3, 0.4) is 0 Å². The molecule has 0 saturated heterocycles. The highest BCUT2D eigenvalue weighted by Crippen LogP contribution is 2.21. The van der Waals surface area contributed by atoms with E-state index in [2.05, 4.69) is 78.7 Å². The van der Waals surface area contributed by atoms with Gasteiger partial charge in [-0.25, -0.2) is 0 Å². The van der Waals surface area contributed by atoms with E-state index in [0.29, 0.717) is 12.5 Å². The zero-order chi connectivity index (χ0) is 20.5. The predicted octanol–water partition coefficient (Wildman–Crippen LogP) is 5.80. The van der Waals surface area contributed by atoms with Gasteiger partial charge >= 0.3 is 8.56 Å². The summed E-state index contributed by atoms with van der Waals surface area (Å²) in [6, 6.07) is 0. The molecular formula is C17H42O4Si4. The molecule has 0 amide bonds. The number of hydrogen-bond donors (Lipinski definition) is 0. The zero-order valence-electron chi connectivity index (χ0n) is 18.4. The Morgan fingerprint density at radius 1 is 0.760 bits per heavy atom. The average molecular weight is 423 g/mol. The molecule has 0 fully saturated rings. The second-order valence-electron chi connectivity index (χ2n) is 8.79. The molecule has 0 rings (SSSR count). The first-order chi connectivity index (χ1) is 11.1. The topological polar surface area (TPSA) is 36.9 Å². The van der Waals surface area contributed by atoms with Gasteiger partial charge in [-0.1, -0.05) is 13.5 Å². The number of rotatable bonds is 11. The molecule has 0 aliphatic heterocycles. The van der Waals surface area contributed by atoms with Gasteiger partial charge in [0.15, 0.2) is 25.0 Å². The lowest BCUT2D eigenvalue weighted by Crippen LogP contribution is -2.55. The fraction of sp³-hybridized carbons (Fsp3) is 0.765. The van der Waals surface area contributed by atoms with E-state index in [1.807, 2.05) is 6.92 Å². The minimum atomic E-state index is -2.40. The quantitative estimate of drug-likeness (QED) is 0.239. The van der Waals surface area contributed by atoms with Crippen LogP contribution in [0, 0.1) is 0 Å². The minimum Gasteiger partial charge on any atom is -0.497 e. The minimum absolute atomic E-state index is 0.501. The smallest absolute Gasteiger partial charge is 0.363 e. The fourth-order valence-electron chi connectivity index (χ4n) is 2.27. The molecule has 4 nitrogen and oxygen atoms in total. The average Bonchev–Trinajstić information content (AvgIpc) is 2.41. The summed E-state index contributed by atoms with van der Waals surface area (Å²) < 4.78 is 24.9. The van der Waals surface area contributed by atoms with Gasteiger partial charge in [0.25, 0.3) is 0 Å². The summed E-state index contributed by atoms with van der Waals surface area (Å²) in [5.74, 6) is 0.793. The van der Waals surface area contributed by atoms with Crippen LogP contribution in [-0.2, 0) is 17.4 Å². The van der Waals surface area contributed by atoms with Gasteiger partial charge < -0.3 is 17.4 Å². The van der Waals surface area contributed by atoms with Crippen LogP contribution in [0.4, 0.5) is 0 Å². The summed E-state index contributed by atoms with van der Waals surface area (Å²) in [6.45, 7) is 31.8. The van der Waals surface area contributed by atoms with Crippen LogP contribution < -0.4 is 0 Å². The molecule has 0 spiro atoms. The van der Waals surface area contributed by atoms with Crippen molar-refractivity contribution in [1.82, 2.24) is 0 Å². The van der Waals surface area contributed by atoms with E-state index in [0.717, 1.165) is 12.2 Å². The Kier molecular flexibility index (Phi) is 12.0. The molecule has 0 bridgehead atoms. The van der Waals surface area contributed by atoms with E-state index in [4.69, 9.17) is 17.4 Å². The van der Waals surface area contributed by atoms with Gasteiger partial charge in [-0.05, 0) is 58.9 Å². The lowest BCUT2D eigenvalue weighted by atomic mass is 10.4. The van der Waals surface area contributed by atoms with Crippen molar-refractivity contribution in [2.45, 2.75) is 72.3 Å². The third-order valence-electron chi connectivity index (χ3n) is 2.76. The first kappa shape index (κ1) is 27.2. The molecule has 1 atom stereocenters. The first-order valence-corrected chi connectivity index (χ1v) is 21.4. The highest BCUT2D eigenvalue weighted by Gasteiger charge is 2.41. The summed E-state index contributed by atoms with van der Waals surface area (Å²) in [4.78, 5) is 0. The van der Waals surface area contributed by atoms with Gasteiger partial charge in [-0.2, -0.15) is 0 Å². The molecule has 0 heterocycles. The molecular weight excluding hydrogens is 381 g/mol. The Balaban J connectivity index is 0. The molecule has 0 N–H and O–H groups in total. The van der Waals surface area contributed by atoms with Crippen molar-refractivity contribution in [3.8, 4) is 0 Å². The van der Waals surface area contributed by atoms with Gasteiger partial charge in [0, 0.05) is 6.42 Å². The summed E-state index contributed by atoms with van der Waals surface area (Å²) in [5, 5.41) is 0. The van der Waals surface area contributed by atoms with E-state index in [-0.39, 0.29) is 0 Å². The van der Waals surface area contributed by atoms with Crippen LogP contribution in [0.1, 0.15) is 13.3 Å². The third kappa shape index (κ3) is 16.0. The van der Waals surface area contributed by atoms with Crippen molar-refractivity contribution in [2.75, 3.05) is 12.5 Å². The molecule has 1 unspecified atom stereocenters. The van der Waals surface area contributed by atoms with Gasteiger partial charge in [0.1, 0.15) is 6.23 Å². The largest absolute Gasteiger partial charge is 0.497 e. The van der Waals surface area contributed by atoms with Gasteiger partial charge in [0.2, 0.25) is 0 Å². The summed E-state index contributed by atoms with van der Waals surface area (Å²) in [7, 11) is -7.52. The monoisotopic (exact) mass is 422 g/mol. The second kappa shape index (κ2) is 11.0. The molecule has 0 aliphatic rings. The lowest BCUT2D eigenvalue weighted by molar-refractivity contribution is 0.184. The van der Waals surface area contributed by atoms with Crippen molar-refractivity contribution >= 4 is 33.5 Å². The molecule has 0 aliphatic carbocycles. The molecule has 0 aromatic heterocycles. The van der Waals surface area contributed by atoms with Gasteiger partial charge in [-0.15, -0.1) is 13.2 Å². The maximum absolute atomic E-state index is 6.41. The molecule has 0 saturated carbocycles. The van der Waals surface area contributed by atoms with E-state index in [1.165, 1.54) is 0 Å². The molecule has 0 aromatic carbocycles. The SMILES string of the molecule is C=C.C=C(CC)OC[Si](C)(OC[Si](C)(C)O[Si](C)(C)C)O[Si](C)(C)C. The standard InChI is InChI=1S/C15H38O4Si4.C2H4/c1-12-15(2)16-13-23(11,19-21(6,7)8)17-14-22(9,10)18-20(3,4)5;1-2/h2,12-14H2,1,3-11H3;1-2H2. The third-order valence-corrected chi connectivity index (χ3v) is 14.2. The summed E-state index contributed by atoms with van der Waals surface area (Å²) in [5.41, 5.74) is 0. The van der Waals surface area contributed by atoms with E-state index in [9.17, 15) is 0 Å². The number of allylic oxidation sites excluding steroid dienone is 1. The summed E-state index contributed by atoms with van der Waals surface area (Å²) in [6.07, 6.45) is 1.98. The molecule has 25 heavy (non-hydrogen) atoms. The first-order valence-electron chi connectivity index (χ1n) is 8.92.